The number of carbonyl (C=O) groups excluding carboxylic acids is 2. The molecule has 0 saturated carbocycles. The molecule has 2 radical (unpaired) electrons. The maximum Gasteiger partial charge on any atom is 0.227 e. The number of hydrogen-bond acceptors (Lipinski definition) is 5. The van der Waals surface area contributed by atoms with Gasteiger partial charge in [-0.15, -0.1) is 0 Å². The lowest BCUT2D eigenvalue weighted by molar-refractivity contribution is -0.117. The van der Waals surface area contributed by atoms with Crippen molar-refractivity contribution in [1.82, 2.24) is 14.7 Å². The van der Waals surface area contributed by atoms with Crippen molar-refractivity contribution in [2.75, 3.05) is 39.3 Å². The Morgan fingerprint density at radius 1 is 0.800 bits per heavy atom. The molecule has 1 aliphatic carbocycles. The quantitative estimate of drug-likeness (QED) is 0.434. The topological polar surface area (TPSA) is 43.2 Å². The molecule has 3 saturated heterocycles. The zero-order chi connectivity index (χ0) is 17.6. The molecule has 3 heterocycles. The summed E-state index contributed by atoms with van der Waals surface area (Å²) in [7, 11) is 5.26. The summed E-state index contributed by atoms with van der Waals surface area (Å²) < 4.78 is 12.0. The molecule has 0 spiro atoms. The first-order valence-electron chi connectivity index (χ1n) is 8.35. The van der Waals surface area contributed by atoms with E-state index in [4.69, 9.17) is 7.85 Å². The molecule has 5 rings (SSSR count). The second-order valence-corrected chi connectivity index (χ2v) is 6.43. The number of hydrogen-bond donors (Lipinski definition) is 0. The van der Waals surface area contributed by atoms with Crippen LogP contribution in [0.2, 0.25) is 0 Å². The van der Waals surface area contributed by atoms with Crippen LogP contribution in [0.3, 0.4) is 0 Å². The van der Waals surface area contributed by atoms with Crippen LogP contribution in [-0.4, -0.2) is 73.4 Å². The van der Waals surface area contributed by atoms with E-state index < -0.39 is 0 Å². The fourth-order valence-electron chi connectivity index (χ4n) is 2.74. The van der Waals surface area contributed by atoms with Crippen LogP contribution in [-0.2, 0) is 9.59 Å². The summed E-state index contributed by atoms with van der Waals surface area (Å²) >= 11 is 0. The summed E-state index contributed by atoms with van der Waals surface area (Å²) in [6, 6.07) is 5.70. The van der Waals surface area contributed by atoms with Gasteiger partial charge in [0.2, 0.25) is 11.6 Å². The minimum atomic E-state index is -0.251. The maximum absolute atomic E-state index is 12.4. The third-order valence-corrected chi connectivity index (χ3v) is 4.36. The number of Topliss-reactive ketones (excluding diaryl/α,β-unsaturated/α-hetero) is 1. The van der Waals surface area contributed by atoms with Gasteiger partial charge in [-0.1, -0.05) is 17.6 Å². The maximum atomic E-state index is 12.4. The molecular weight excluding hydrogens is 320 g/mol. The van der Waals surface area contributed by atoms with Crippen molar-refractivity contribution in [1.29, 1.82) is 0 Å². The van der Waals surface area contributed by atoms with Crippen LogP contribution in [0.5, 0.6) is 0 Å². The summed E-state index contributed by atoms with van der Waals surface area (Å²) in [5.74, 6) is -0.202. The van der Waals surface area contributed by atoms with E-state index in [0.717, 1.165) is 39.3 Å². The molecule has 0 bridgehead atoms. The third-order valence-electron chi connectivity index (χ3n) is 4.36. The summed E-state index contributed by atoms with van der Waals surface area (Å²) in [6.07, 6.45) is 1.52. The van der Waals surface area contributed by atoms with Gasteiger partial charge in [-0.05, 0) is 12.1 Å². The van der Waals surface area contributed by atoms with E-state index in [1.807, 2.05) is 14.7 Å². The fraction of sp³-hybridized carbons (Fsp3) is 0.333. The summed E-state index contributed by atoms with van der Waals surface area (Å²) in [6.45, 7) is 5.41. The highest BCUT2D eigenvalue weighted by atomic mass is 19.1. The van der Waals surface area contributed by atoms with Crippen LogP contribution >= 0.6 is 0 Å². The molecule has 0 atom stereocenters. The van der Waals surface area contributed by atoms with E-state index in [2.05, 4.69) is 0 Å². The fourth-order valence-corrected chi connectivity index (χ4v) is 2.74. The third kappa shape index (κ3) is 3.45. The Labute approximate surface area is 146 Å². The molecule has 4 aliphatic rings. The second-order valence-electron chi connectivity index (χ2n) is 6.43. The van der Waals surface area contributed by atoms with Gasteiger partial charge < -0.3 is 14.7 Å². The summed E-state index contributed by atoms with van der Waals surface area (Å²) in [4.78, 5) is 30.5. The summed E-state index contributed by atoms with van der Waals surface area (Å²) in [5.41, 5.74) is 2.48. The number of nitrogens with zero attached hydrogens (tertiary/aromatic N) is 3. The van der Waals surface area contributed by atoms with E-state index in [1.165, 1.54) is 30.3 Å². The van der Waals surface area contributed by atoms with Crippen LogP contribution < -0.4 is 5.46 Å². The van der Waals surface area contributed by atoms with Gasteiger partial charge in [-0.3, -0.25) is 9.59 Å². The molecule has 1 aromatic rings. The molecule has 0 aromatic heterocycles. The number of carbonyl (C=O) groups is 2. The van der Waals surface area contributed by atoms with Crippen LogP contribution in [0, 0.1) is 5.82 Å². The minimum Gasteiger partial charge on any atom is -0.365 e. The van der Waals surface area contributed by atoms with Gasteiger partial charge in [0, 0.05) is 45.3 Å². The summed E-state index contributed by atoms with van der Waals surface area (Å²) in [5, 5.41) is 0. The lowest BCUT2D eigenvalue weighted by Crippen LogP contribution is -2.29. The van der Waals surface area contributed by atoms with E-state index in [9.17, 15) is 14.0 Å². The molecule has 3 aliphatic heterocycles. The molecular formula is C18H17BFN3O2. The molecule has 5 nitrogen and oxygen atoms in total. The van der Waals surface area contributed by atoms with Gasteiger partial charge in [0.1, 0.15) is 25.1 Å². The molecule has 25 heavy (non-hydrogen) atoms. The van der Waals surface area contributed by atoms with Gasteiger partial charge >= 0.3 is 0 Å². The van der Waals surface area contributed by atoms with Gasteiger partial charge in [-0.25, -0.2) is 4.39 Å². The van der Waals surface area contributed by atoms with E-state index in [1.54, 1.807) is 0 Å². The number of allylic oxidation sites excluding steroid dienone is 1. The molecule has 126 valence electrons. The first-order chi connectivity index (χ1) is 12.0. The smallest absolute Gasteiger partial charge is 0.227 e. The van der Waals surface area contributed by atoms with Crippen molar-refractivity contribution in [2.24, 2.45) is 0 Å². The standard InChI is InChI=1S/C12H13N3O2.C6H4BF/c16-9-7-8(13-1-2-13)12(17)11(15-5-6-15)10(9)14-3-4-14;7-5-1-3-6(8)4-2-5/h7H,1-6H2;1-4H. The molecule has 7 heteroatoms. The Balaban J connectivity index is 0.000000166. The highest BCUT2D eigenvalue weighted by molar-refractivity contribution is 6.32. The van der Waals surface area contributed by atoms with E-state index >= 15 is 0 Å². The van der Waals surface area contributed by atoms with Crippen LogP contribution in [0.25, 0.3) is 0 Å². The van der Waals surface area contributed by atoms with Crippen LogP contribution in [0.15, 0.2) is 47.4 Å². The van der Waals surface area contributed by atoms with Crippen LogP contribution in [0.4, 0.5) is 4.39 Å². The molecule has 1 aromatic carbocycles. The molecule has 0 amide bonds. The molecule has 3 fully saturated rings. The number of rotatable bonds is 3. The average molecular weight is 337 g/mol. The lowest BCUT2D eigenvalue weighted by atomic mass is 9.97. The Kier molecular flexibility index (Phi) is 3.86. The van der Waals surface area contributed by atoms with Crippen molar-refractivity contribution in [3.63, 3.8) is 0 Å². The molecule has 0 N–H and O–H groups in total. The largest absolute Gasteiger partial charge is 0.365 e. The zero-order valence-electron chi connectivity index (χ0n) is 13.7. The Morgan fingerprint density at radius 3 is 1.80 bits per heavy atom. The second kappa shape index (κ2) is 6.06. The average Bonchev–Trinajstić information content (AvgIpc) is 3.45. The van der Waals surface area contributed by atoms with Gasteiger partial charge in [0.15, 0.2) is 0 Å². The lowest BCUT2D eigenvalue weighted by Gasteiger charge is -2.21. The van der Waals surface area contributed by atoms with Gasteiger partial charge in [0.05, 0.1) is 5.70 Å². The zero-order valence-corrected chi connectivity index (χ0v) is 13.7. The Hall–Kier alpha value is -2.57. The Bertz CT molecular complexity index is 770. The number of ketones is 2. The molecule has 0 unspecified atom stereocenters. The van der Waals surface area contributed by atoms with Crippen molar-refractivity contribution in [3.05, 3.63) is 53.2 Å². The Morgan fingerprint density at radius 2 is 1.32 bits per heavy atom. The highest BCUT2D eigenvalue weighted by Crippen LogP contribution is 2.33. The van der Waals surface area contributed by atoms with Crippen molar-refractivity contribution < 1.29 is 14.0 Å². The first kappa shape index (κ1) is 15.9. The van der Waals surface area contributed by atoms with Crippen molar-refractivity contribution in [2.45, 2.75) is 0 Å². The van der Waals surface area contributed by atoms with Crippen molar-refractivity contribution in [3.8, 4) is 0 Å². The number of halogens is 1. The van der Waals surface area contributed by atoms with Crippen molar-refractivity contribution >= 4 is 24.9 Å². The van der Waals surface area contributed by atoms with Gasteiger partial charge in [-0.2, -0.15) is 0 Å². The SMILES string of the molecule is O=C1C=C(N2CC2)C(=O)C(N2CC2)=C1N1CC1.[B]c1ccc(F)cc1. The van der Waals surface area contributed by atoms with Gasteiger partial charge in [0.25, 0.3) is 0 Å². The monoisotopic (exact) mass is 337 g/mol. The van der Waals surface area contributed by atoms with E-state index in [0.29, 0.717) is 22.6 Å². The van der Waals surface area contributed by atoms with Crippen LogP contribution in [0.1, 0.15) is 0 Å². The van der Waals surface area contributed by atoms with E-state index in [-0.39, 0.29) is 17.4 Å². The first-order valence-corrected chi connectivity index (χ1v) is 8.35. The highest BCUT2D eigenvalue weighted by Gasteiger charge is 2.43. The predicted molar refractivity (Wildman–Crippen MR) is 91.6 cm³/mol. The predicted octanol–water partition coefficient (Wildman–Crippen LogP) is -0.200. The number of benzene rings is 1. The minimum absolute atomic E-state index is 0.00546. The normalized spacial score (nSPS) is 21.0.